The van der Waals surface area contributed by atoms with Crippen molar-refractivity contribution in [1.29, 1.82) is 0 Å². The molecule has 2 aromatic rings. The fraction of sp³-hybridized carbons (Fsp3) is 0.421. The summed E-state index contributed by atoms with van der Waals surface area (Å²) < 4.78 is 4.75. The van der Waals surface area contributed by atoms with Crippen molar-refractivity contribution >= 4 is 34.9 Å². The Hall–Kier alpha value is -2.38. The molecule has 0 radical (unpaired) electrons. The highest BCUT2D eigenvalue weighted by Gasteiger charge is 2.24. The van der Waals surface area contributed by atoms with Gasteiger partial charge in [-0.15, -0.1) is 0 Å². The molecule has 1 aromatic carbocycles. The number of methoxy groups -OCH3 is 1. The lowest BCUT2D eigenvalue weighted by Crippen LogP contribution is -2.45. The average molecular weight is 390 g/mol. The summed E-state index contributed by atoms with van der Waals surface area (Å²) in [7, 11) is 3.39. The first-order chi connectivity index (χ1) is 13.0. The van der Waals surface area contributed by atoms with Crippen molar-refractivity contribution in [2.75, 3.05) is 44.0 Å². The first kappa shape index (κ1) is 19.4. The lowest BCUT2D eigenvalue weighted by Gasteiger charge is -2.36. The Morgan fingerprint density at radius 3 is 2.81 bits per heavy atom. The number of ether oxygens (including phenoxy) is 1. The van der Waals surface area contributed by atoms with Crippen molar-refractivity contribution in [3.63, 3.8) is 0 Å². The van der Waals surface area contributed by atoms with Crippen LogP contribution in [-0.4, -0.2) is 60.7 Å². The molecule has 0 spiro atoms. The van der Waals surface area contributed by atoms with E-state index in [1.165, 1.54) is 7.11 Å². The fourth-order valence-electron chi connectivity index (χ4n) is 3.24. The molecule has 3 rings (SSSR count). The van der Waals surface area contributed by atoms with Crippen molar-refractivity contribution in [2.45, 2.75) is 18.9 Å². The Balaban J connectivity index is 1.59. The summed E-state index contributed by atoms with van der Waals surface area (Å²) in [5.41, 5.74) is 0.885. The third kappa shape index (κ3) is 5.30. The predicted molar refractivity (Wildman–Crippen MR) is 107 cm³/mol. The van der Waals surface area contributed by atoms with Crippen LogP contribution >= 0.6 is 11.6 Å². The Kier molecular flexibility index (Phi) is 6.47. The van der Waals surface area contributed by atoms with Crippen LogP contribution in [0.1, 0.15) is 12.8 Å². The quantitative estimate of drug-likeness (QED) is 0.761. The van der Waals surface area contributed by atoms with E-state index in [-0.39, 0.29) is 5.97 Å². The minimum absolute atomic E-state index is 0.201. The largest absolute Gasteiger partial charge is 0.468 e. The van der Waals surface area contributed by atoms with E-state index < -0.39 is 0 Å². The van der Waals surface area contributed by atoms with Crippen LogP contribution in [0.25, 0.3) is 0 Å². The van der Waals surface area contributed by atoms with Gasteiger partial charge in [0.15, 0.2) is 0 Å². The molecule has 0 atom stereocenters. The van der Waals surface area contributed by atoms with Gasteiger partial charge in [-0.25, -0.2) is 9.97 Å². The van der Waals surface area contributed by atoms with Gasteiger partial charge in [-0.3, -0.25) is 9.69 Å². The van der Waals surface area contributed by atoms with Crippen molar-refractivity contribution in [3.8, 4) is 0 Å². The van der Waals surface area contributed by atoms with E-state index in [0.29, 0.717) is 17.6 Å². The van der Waals surface area contributed by atoms with Crippen LogP contribution in [0.3, 0.4) is 0 Å². The molecule has 2 heterocycles. The maximum atomic E-state index is 11.5. The summed E-state index contributed by atoms with van der Waals surface area (Å²) >= 11 is 6.03. The van der Waals surface area contributed by atoms with E-state index in [1.807, 2.05) is 37.4 Å². The van der Waals surface area contributed by atoms with E-state index >= 15 is 0 Å². The third-order valence-electron chi connectivity index (χ3n) is 4.77. The van der Waals surface area contributed by atoms with E-state index in [4.69, 9.17) is 16.3 Å². The van der Waals surface area contributed by atoms with Gasteiger partial charge >= 0.3 is 5.97 Å². The minimum atomic E-state index is -0.201. The van der Waals surface area contributed by atoms with E-state index in [2.05, 4.69) is 25.1 Å². The van der Waals surface area contributed by atoms with Crippen LogP contribution in [0.15, 0.2) is 36.7 Å². The third-order valence-corrected chi connectivity index (χ3v) is 5.00. The Labute approximate surface area is 164 Å². The zero-order valence-corrected chi connectivity index (χ0v) is 16.3. The smallest absolute Gasteiger partial charge is 0.319 e. The second-order valence-electron chi connectivity index (χ2n) is 6.61. The normalized spacial score (nSPS) is 15.0. The molecule has 0 bridgehead atoms. The molecule has 0 aliphatic carbocycles. The number of esters is 1. The molecule has 1 aromatic heterocycles. The fourth-order valence-corrected chi connectivity index (χ4v) is 3.43. The number of benzene rings is 1. The van der Waals surface area contributed by atoms with Gasteiger partial charge in [0.2, 0.25) is 0 Å². The van der Waals surface area contributed by atoms with Crippen LogP contribution in [0.4, 0.5) is 17.3 Å². The number of rotatable bonds is 6. The number of piperidine rings is 1. The number of hydrogen-bond acceptors (Lipinski definition) is 7. The van der Waals surface area contributed by atoms with E-state index in [0.717, 1.165) is 43.3 Å². The van der Waals surface area contributed by atoms with Crippen LogP contribution in [0, 0.1) is 0 Å². The molecule has 27 heavy (non-hydrogen) atoms. The Morgan fingerprint density at radius 1 is 1.33 bits per heavy atom. The number of anilines is 3. The van der Waals surface area contributed by atoms with E-state index in [1.54, 1.807) is 6.33 Å². The number of halogens is 1. The van der Waals surface area contributed by atoms with Gasteiger partial charge in [0.25, 0.3) is 0 Å². The number of aromatic nitrogens is 2. The highest BCUT2D eigenvalue weighted by molar-refractivity contribution is 6.30. The summed E-state index contributed by atoms with van der Waals surface area (Å²) in [4.78, 5) is 24.5. The van der Waals surface area contributed by atoms with Gasteiger partial charge in [-0.1, -0.05) is 17.7 Å². The van der Waals surface area contributed by atoms with Gasteiger partial charge in [-0.05, 0) is 38.1 Å². The van der Waals surface area contributed by atoms with Crippen molar-refractivity contribution < 1.29 is 9.53 Å². The zero-order valence-electron chi connectivity index (χ0n) is 15.6. The first-order valence-electron chi connectivity index (χ1n) is 8.92. The van der Waals surface area contributed by atoms with Crippen molar-refractivity contribution in [2.24, 2.45) is 0 Å². The molecular weight excluding hydrogens is 366 g/mol. The molecule has 0 saturated carbocycles. The lowest BCUT2D eigenvalue weighted by atomic mass is 10.0. The molecule has 1 saturated heterocycles. The maximum absolute atomic E-state index is 11.5. The van der Waals surface area contributed by atoms with Gasteiger partial charge in [-0.2, -0.15) is 0 Å². The summed E-state index contributed by atoms with van der Waals surface area (Å²) in [5.74, 6) is 1.42. The standard InChI is InChI=1S/C19H24ClN5O2/c1-24(12-19(26)27-2)16-6-8-25(9-7-16)18-11-17(21-13-22-18)23-15-5-3-4-14(20)10-15/h3-5,10-11,13,16H,6-9,12H2,1-2H3,(H,21,22,23). The molecule has 0 unspecified atom stereocenters. The van der Waals surface area contributed by atoms with Crippen LogP contribution in [-0.2, 0) is 9.53 Å². The number of nitrogens with zero attached hydrogens (tertiary/aromatic N) is 4. The molecule has 1 fully saturated rings. The summed E-state index contributed by atoms with van der Waals surface area (Å²) in [6.07, 6.45) is 3.50. The average Bonchev–Trinajstić information content (AvgIpc) is 2.68. The number of carbonyl (C=O) groups excluding carboxylic acids is 1. The van der Waals surface area contributed by atoms with Crippen LogP contribution < -0.4 is 10.2 Å². The van der Waals surface area contributed by atoms with E-state index in [9.17, 15) is 4.79 Å². The maximum Gasteiger partial charge on any atom is 0.319 e. The van der Waals surface area contributed by atoms with Gasteiger partial charge in [0.05, 0.1) is 13.7 Å². The molecule has 144 valence electrons. The topological polar surface area (TPSA) is 70.6 Å². The molecule has 1 aliphatic heterocycles. The van der Waals surface area contributed by atoms with Gasteiger partial charge in [0.1, 0.15) is 18.0 Å². The van der Waals surface area contributed by atoms with Gasteiger partial charge in [0, 0.05) is 35.9 Å². The summed E-state index contributed by atoms with van der Waals surface area (Å²) in [6.45, 7) is 2.08. The molecule has 1 N–H and O–H groups in total. The Bertz CT molecular complexity index is 780. The van der Waals surface area contributed by atoms with Crippen LogP contribution in [0.2, 0.25) is 5.02 Å². The number of nitrogens with one attached hydrogen (secondary N) is 1. The molecule has 8 heteroatoms. The predicted octanol–water partition coefficient (Wildman–Crippen LogP) is 2.95. The SMILES string of the molecule is COC(=O)CN(C)C1CCN(c2cc(Nc3cccc(Cl)c3)ncn2)CC1. The number of likely N-dealkylation sites (N-methyl/N-ethyl adjacent to an activating group) is 1. The second-order valence-corrected chi connectivity index (χ2v) is 7.04. The first-order valence-corrected chi connectivity index (χ1v) is 9.29. The summed E-state index contributed by atoms with van der Waals surface area (Å²) in [6, 6.07) is 9.83. The Morgan fingerprint density at radius 2 is 2.11 bits per heavy atom. The summed E-state index contributed by atoms with van der Waals surface area (Å²) in [5, 5.41) is 3.93. The number of carbonyl (C=O) groups is 1. The highest BCUT2D eigenvalue weighted by Crippen LogP contribution is 2.24. The van der Waals surface area contributed by atoms with Crippen molar-refractivity contribution in [3.05, 3.63) is 41.7 Å². The van der Waals surface area contributed by atoms with Gasteiger partial charge < -0.3 is 15.0 Å². The lowest BCUT2D eigenvalue weighted by molar-refractivity contribution is -0.142. The number of hydrogen-bond donors (Lipinski definition) is 1. The molecular formula is C19H24ClN5O2. The minimum Gasteiger partial charge on any atom is -0.468 e. The zero-order chi connectivity index (χ0) is 19.2. The highest BCUT2D eigenvalue weighted by atomic mass is 35.5. The van der Waals surface area contributed by atoms with Crippen molar-refractivity contribution in [1.82, 2.24) is 14.9 Å². The second kappa shape index (κ2) is 9.01. The monoisotopic (exact) mass is 389 g/mol. The molecule has 7 nitrogen and oxygen atoms in total. The molecule has 0 amide bonds. The molecule has 1 aliphatic rings. The van der Waals surface area contributed by atoms with Crippen LogP contribution in [0.5, 0.6) is 0 Å².